The van der Waals surface area contributed by atoms with Crippen molar-refractivity contribution >= 4 is 28.2 Å². The van der Waals surface area contributed by atoms with Crippen LogP contribution in [0.3, 0.4) is 0 Å². The number of hydrogen-bond acceptors (Lipinski definition) is 6. The highest BCUT2D eigenvalue weighted by atomic mass is 35.5. The van der Waals surface area contributed by atoms with Crippen molar-refractivity contribution in [2.24, 2.45) is 0 Å². The Hall–Kier alpha value is -3.43. The molecule has 0 atom stereocenters. The molecular weight excluding hydrogens is 362 g/mol. The lowest BCUT2D eigenvalue weighted by Crippen LogP contribution is -2.07. The molecule has 6 nitrogen and oxygen atoms in total. The molecule has 0 saturated carbocycles. The monoisotopic (exact) mass is 375 g/mol. The predicted octanol–water partition coefficient (Wildman–Crippen LogP) is 4.46. The molecule has 2 aromatic carbocycles. The summed E-state index contributed by atoms with van der Waals surface area (Å²) >= 11 is 5.90. The van der Waals surface area contributed by atoms with Crippen LogP contribution < -0.4 is 5.32 Å². The number of pyridine rings is 1. The average Bonchev–Trinajstić information content (AvgIpc) is 3.17. The van der Waals surface area contributed by atoms with Gasteiger partial charge in [-0.25, -0.2) is 0 Å². The van der Waals surface area contributed by atoms with Crippen LogP contribution in [0.25, 0.3) is 22.3 Å². The molecule has 0 aliphatic carbocycles. The summed E-state index contributed by atoms with van der Waals surface area (Å²) < 4.78 is 5.32. The van der Waals surface area contributed by atoms with E-state index in [1.807, 2.05) is 36.4 Å². The van der Waals surface area contributed by atoms with Crippen molar-refractivity contribution in [1.29, 1.82) is 5.26 Å². The first-order chi connectivity index (χ1) is 13.2. The quantitative estimate of drug-likeness (QED) is 0.554. The summed E-state index contributed by atoms with van der Waals surface area (Å²) in [4.78, 5) is 8.72. The Kier molecular flexibility index (Phi) is 4.69. The standard InChI is InChI=1S/C20H14ClN5O/c21-15-7-5-13(6-8-15)20-25-18(27-26-20)9-10-23-19-14(11-22)12-24-17-4-2-1-3-16(17)19/h1-8,12H,9-10H2,(H,23,24). The number of halogens is 1. The van der Waals surface area contributed by atoms with Crippen LogP contribution in [0.15, 0.2) is 59.3 Å². The molecule has 0 fully saturated rings. The molecule has 27 heavy (non-hydrogen) atoms. The first-order valence-corrected chi connectivity index (χ1v) is 8.72. The number of nitrogens with zero attached hydrogens (tertiary/aromatic N) is 4. The molecule has 4 aromatic rings. The zero-order valence-corrected chi connectivity index (χ0v) is 14.9. The van der Waals surface area contributed by atoms with Gasteiger partial charge >= 0.3 is 0 Å². The summed E-state index contributed by atoms with van der Waals surface area (Å²) in [6.45, 7) is 0.547. The second-order valence-electron chi connectivity index (χ2n) is 5.87. The van der Waals surface area contributed by atoms with Crippen LogP contribution >= 0.6 is 11.6 Å². The summed E-state index contributed by atoms with van der Waals surface area (Å²) in [6, 6.07) is 17.1. The average molecular weight is 376 g/mol. The molecule has 132 valence electrons. The van der Waals surface area contributed by atoms with Crippen molar-refractivity contribution in [3.63, 3.8) is 0 Å². The van der Waals surface area contributed by atoms with Gasteiger partial charge in [-0.15, -0.1) is 0 Å². The minimum absolute atomic E-state index is 0.501. The van der Waals surface area contributed by atoms with Crippen molar-refractivity contribution < 1.29 is 4.52 Å². The van der Waals surface area contributed by atoms with E-state index in [-0.39, 0.29) is 0 Å². The van der Waals surface area contributed by atoms with Crippen LogP contribution in [0.5, 0.6) is 0 Å². The van der Waals surface area contributed by atoms with Crippen LogP contribution in [0, 0.1) is 11.3 Å². The summed E-state index contributed by atoms with van der Waals surface area (Å²) in [5.41, 5.74) is 2.94. The SMILES string of the molecule is N#Cc1cnc2ccccc2c1NCCc1nc(-c2ccc(Cl)cc2)no1. The van der Waals surface area contributed by atoms with Crippen LogP contribution in [0.1, 0.15) is 11.5 Å². The third-order valence-corrected chi connectivity index (χ3v) is 4.36. The number of nitriles is 1. The molecule has 0 spiro atoms. The molecule has 2 aromatic heterocycles. The zero-order valence-electron chi connectivity index (χ0n) is 14.2. The lowest BCUT2D eigenvalue weighted by atomic mass is 10.1. The lowest BCUT2D eigenvalue weighted by molar-refractivity contribution is 0.381. The van der Waals surface area contributed by atoms with Gasteiger partial charge in [0, 0.05) is 35.1 Å². The first-order valence-electron chi connectivity index (χ1n) is 8.35. The Morgan fingerprint density at radius 3 is 2.74 bits per heavy atom. The Morgan fingerprint density at radius 1 is 1.11 bits per heavy atom. The maximum atomic E-state index is 9.36. The van der Waals surface area contributed by atoms with Gasteiger partial charge in [0.15, 0.2) is 0 Å². The first kappa shape index (κ1) is 17.0. The van der Waals surface area contributed by atoms with E-state index in [4.69, 9.17) is 16.1 Å². The Labute approximate surface area is 160 Å². The van der Waals surface area contributed by atoms with Gasteiger partial charge in [-0.1, -0.05) is 35.0 Å². The van der Waals surface area contributed by atoms with E-state index in [1.54, 1.807) is 18.3 Å². The molecule has 2 heterocycles. The molecule has 0 unspecified atom stereocenters. The van der Waals surface area contributed by atoms with Crippen LogP contribution in [0.4, 0.5) is 5.69 Å². The maximum Gasteiger partial charge on any atom is 0.228 e. The van der Waals surface area contributed by atoms with E-state index in [0.717, 1.165) is 22.2 Å². The topological polar surface area (TPSA) is 87.6 Å². The number of aromatic nitrogens is 3. The second-order valence-corrected chi connectivity index (χ2v) is 6.31. The van der Waals surface area contributed by atoms with Gasteiger partial charge in [-0.05, 0) is 30.3 Å². The highest BCUT2D eigenvalue weighted by Gasteiger charge is 2.11. The van der Waals surface area contributed by atoms with E-state index in [0.29, 0.717) is 35.3 Å². The van der Waals surface area contributed by atoms with E-state index in [2.05, 4.69) is 26.5 Å². The summed E-state index contributed by atoms with van der Waals surface area (Å²) in [7, 11) is 0. The Morgan fingerprint density at radius 2 is 1.93 bits per heavy atom. The molecule has 0 saturated heterocycles. The number of hydrogen-bond donors (Lipinski definition) is 1. The van der Waals surface area contributed by atoms with Crippen molar-refractivity contribution in [3.8, 4) is 17.5 Å². The van der Waals surface area contributed by atoms with Gasteiger partial charge in [-0.3, -0.25) is 4.98 Å². The molecule has 0 aliphatic rings. The molecule has 0 aliphatic heterocycles. The molecular formula is C20H14ClN5O. The highest BCUT2D eigenvalue weighted by Crippen LogP contribution is 2.25. The van der Waals surface area contributed by atoms with Crippen molar-refractivity contribution in [2.45, 2.75) is 6.42 Å². The van der Waals surface area contributed by atoms with Crippen molar-refractivity contribution in [2.75, 3.05) is 11.9 Å². The number of para-hydroxylation sites is 1. The van der Waals surface area contributed by atoms with Gasteiger partial charge in [0.05, 0.1) is 16.8 Å². The predicted molar refractivity (Wildman–Crippen MR) is 103 cm³/mol. The second kappa shape index (κ2) is 7.44. The van der Waals surface area contributed by atoms with Gasteiger partial charge in [0.1, 0.15) is 6.07 Å². The van der Waals surface area contributed by atoms with Crippen LogP contribution in [0.2, 0.25) is 5.02 Å². The fraction of sp³-hybridized carbons (Fsp3) is 0.100. The smallest absolute Gasteiger partial charge is 0.228 e. The largest absolute Gasteiger partial charge is 0.383 e. The van der Waals surface area contributed by atoms with Gasteiger partial charge < -0.3 is 9.84 Å². The molecule has 4 rings (SSSR count). The van der Waals surface area contributed by atoms with Crippen molar-refractivity contribution in [3.05, 3.63) is 71.2 Å². The number of fused-ring (bicyclic) bond motifs is 1. The zero-order chi connectivity index (χ0) is 18.6. The van der Waals surface area contributed by atoms with Gasteiger partial charge in [0.25, 0.3) is 0 Å². The molecule has 1 N–H and O–H groups in total. The molecule has 7 heteroatoms. The number of anilines is 1. The summed E-state index contributed by atoms with van der Waals surface area (Å²) in [6.07, 6.45) is 2.11. The summed E-state index contributed by atoms with van der Waals surface area (Å²) in [5.74, 6) is 1.04. The molecule has 0 bridgehead atoms. The summed E-state index contributed by atoms with van der Waals surface area (Å²) in [5, 5.41) is 18.2. The van der Waals surface area contributed by atoms with E-state index < -0.39 is 0 Å². The number of benzene rings is 2. The number of nitrogens with one attached hydrogen (secondary N) is 1. The third kappa shape index (κ3) is 3.59. The maximum absolute atomic E-state index is 9.36. The van der Waals surface area contributed by atoms with Crippen molar-refractivity contribution in [1.82, 2.24) is 15.1 Å². The minimum atomic E-state index is 0.501. The molecule has 0 amide bonds. The highest BCUT2D eigenvalue weighted by molar-refractivity contribution is 6.30. The molecule has 0 radical (unpaired) electrons. The third-order valence-electron chi connectivity index (χ3n) is 4.11. The normalized spacial score (nSPS) is 10.7. The Bertz CT molecular complexity index is 1130. The van der Waals surface area contributed by atoms with Gasteiger partial charge in [0.2, 0.25) is 11.7 Å². The lowest BCUT2D eigenvalue weighted by Gasteiger charge is -2.10. The van der Waals surface area contributed by atoms with Crippen LogP contribution in [-0.4, -0.2) is 21.7 Å². The fourth-order valence-electron chi connectivity index (χ4n) is 2.78. The fourth-order valence-corrected chi connectivity index (χ4v) is 2.91. The van der Waals surface area contributed by atoms with E-state index in [1.165, 1.54) is 0 Å². The Balaban J connectivity index is 1.49. The van der Waals surface area contributed by atoms with E-state index >= 15 is 0 Å². The van der Waals surface area contributed by atoms with E-state index in [9.17, 15) is 5.26 Å². The number of rotatable bonds is 5. The van der Waals surface area contributed by atoms with Gasteiger partial charge in [-0.2, -0.15) is 10.2 Å². The van der Waals surface area contributed by atoms with Crippen LogP contribution in [-0.2, 0) is 6.42 Å². The minimum Gasteiger partial charge on any atom is -0.383 e.